The minimum absolute atomic E-state index is 0.0967. The summed E-state index contributed by atoms with van der Waals surface area (Å²) in [7, 11) is 0. The van der Waals surface area contributed by atoms with Gasteiger partial charge in [-0.05, 0) is 44.6 Å². The number of carbonyl (C=O) groups excluding carboxylic acids is 1. The molecule has 0 saturated carbocycles. The van der Waals surface area contributed by atoms with Gasteiger partial charge < -0.3 is 9.72 Å². The fraction of sp³-hybridized carbons (Fsp3) is 0.562. The number of hydrogen-bond acceptors (Lipinski definition) is 6. The predicted octanol–water partition coefficient (Wildman–Crippen LogP) is 3.15. The van der Waals surface area contributed by atoms with Gasteiger partial charge in [-0.3, -0.25) is 9.59 Å². The van der Waals surface area contributed by atoms with Crippen LogP contribution in [0, 0.1) is 5.92 Å². The summed E-state index contributed by atoms with van der Waals surface area (Å²) in [6, 6.07) is 0. The van der Waals surface area contributed by atoms with Crippen molar-refractivity contribution in [2.75, 3.05) is 6.61 Å². The van der Waals surface area contributed by atoms with Crippen molar-refractivity contribution in [3.63, 3.8) is 0 Å². The quantitative estimate of drug-likeness (QED) is 0.520. The Morgan fingerprint density at radius 2 is 2.35 bits per heavy atom. The number of carbonyl (C=O) groups is 1. The van der Waals surface area contributed by atoms with Gasteiger partial charge in [0.15, 0.2) is 5.16 Å². The number of thiophene rings is 1. The number of H-pyrrole nitrogens is 1. The molecular formula is C16H20N2O3S2. The smallest absolute Gasteiger partial charge is 0.319 e. The standard InChI is InChI=1S/C16H20N2O3S2/c1-4-21-15(20)9(3)22-16-17-13(19)12-10-6-5-8(2)7-11(10)23-14(12)18-16/h8-9H,4-7H2,1-3H3,(H,17,18,19)/t8-,9+/m1/s1. The highest BCUT2D eigenvalue weighted by Gasteiger charge is 2.24. The van der Waals surface area contributed by atoms with E-state index in [2.05, 4.69) is 16.9 Å². The minimum Gasteiger partial charge on any atom is -0.465 e. The van der Waals surface area contributed by atoms with Gasteiger partial charge in [0.1, 0.15) is 10.1 Å². The summed E-state index contributed by atoms with van der Waals surface area (Å²) < 4.78 is 4.99. The molecule has 3 rings (SSSR count). The summed E-state index contributed by atoms with van der Waals surface area (Å²) in [6.45, 7) is 6.13. The van der Waals surface area contributed by atoms with Crippen molar-refractivity contribution in [2.45, 2.75) is 50.4 Å². The number of aryl methyl sites for hydroxylation is 1. The second-order valence-electron chi connectivity index (χ2n) is 5.92. The summed E-state index contributed by atoms with van der Waals surface area (Å²) in [5.74, 6) is 0.367. The predicted molar refractivity (Wildman–Crippen MR) is 93.4 cm³/mol. The summed E-state index contributed by atoms with van der Waals surface area (Å²) in [4.78, 5) is 33.7. The number of aromatic nitrogens is 2. The Hall–Kier alpha value is -1.34. The van der Waals surface area contributed by atoms with Gasteiger partial charge in [0.05, 0.1) is 12.0 Å². The zero-order chi connectivity index (χ0) is 16.6. The Morgan fingerprint density at radius 3 is 3.09 bits per heavy atom. The van der Waals surface area contributed by atoms with Crippen molar-refractivity contribution < 1.29 is 9.53 Å². The number of hydrogen-bond donors (Lipinski definition) is 1. The van der Waals surface area contributed by atoms with Crippen LogP contribution in [-0.4, -0.2) is 27.8 Å². The van der Waals surface area contributed by atoms with Crippen molar-refractivity contribution >= 4 is 39.3 Å². The molecule has 2 heterocycles. The van der Waals surface area contributed by atoms with Crippen molar-refractivity contribution in [2.24, 2.45) is 5.92 Å². The van der Waals surface area contributed by atoms with Gasteiger partial charge in [0.25, 0.3) is 5.56 Å². The molecule has 0 aromatic carbocycles. The molecule has 0 saturated heterocycles. The molecule has 1 aliphatic carbocycles. The van der Waals surface area contributed by atoms with Crippen molar-refractivity contribution in [3.8, 4) is 0 Å². The lowest BCUT2D eigenvalue weighted by Crippen LogP contribution is -2.18. The van der Waals surface area contributed by atoms with E-state index in [1.165, 1.54) is 22.2 Å². The molecule has 124 valence electrons. The van der Waals surface area contributed by atoms with E-state index in [1.807, 2.05) is 0 Å². The van der Waals surface area contributed by atoms with Gasteiger partial charge in [-0.25, -0.2) is 4.98 Å². The molecule has 5 nitrogen and oxygen atoms in total. The Balaban J connectivity index is 1.93. The third kappa shape index (κ3) is 3.30. The number of thioether (sulfide) groups is 1. The molecule has 2 aromatic heterocycles. The minimum atomic E-state index is -0.398. The van der Waals surface area contributed by atoms with Crippen LogP contribution in [0.1, 0.15) is 37.6 Å². The van der Waals surface area contributed by atoms with Crippen LogP contribution >= 0.6 is 23.1 Å². The van der Waals surface area contributed by atoms with E-state index in [1.54, 1.807) is 25.2 Å². The molecule has 0 bridgehead atoms. The third-order valence-electron chi connectivity index (χ3n) is 4.05. The number of esters is 1. The lowest BCUT2D eigenvalue weighted by Gasteiger charge is -2.17. The summed E-state index contributed by atoms with van der Waals surface area (Å²) in [5, 5.41) is 0.824. The normalized spacial score (nSPS) is 18.7. The molecule has 0 unspecified atom stereocenters. The first-order valence-corrected chi connectivity index (χ1v) is 9.57. The molecule has 7 heteroatoms. The van der Waals surface area contributed by atoms with Crippen LogP contribution in [0.25, 0.3) is 10.2 Å². The number of nitrogens with zero attached hydrogens (tertiary/aromatic N) is 1. The van der Waals surface area contributed by atoms with E-state index >= 15 is 0 Å². The van der Waals surface area contributed by atoms with Crippen LogP contribution in [0.2, 0.25) is 0 Å². The van der Waals surface area contributed by atoms with Crippen LogP contribution in [0.5, 0.6) is 0 Å². The maximum atomic E-state index is 12.5. The van der Waals surface area contributed by atoms with E-state index in [4.69, 9.17) is 4.74 Å². The SMILES string of the molecule is CCOC(=O)[C@H](C)Sc1nc2sc3c(c2c(=O)[nH]1)CC[C@@H](C)C3. The Labute approximate surface area is 142 Å². The largest absolute Gasteiger partial charge is 0.465 e. The summed E-state index contributed by atoms with van der Waals surface area (Å²) in [6.07, 6.45) is 3.10. The van der Waals surface area contributed by atoms with E-state index in [0.29, 0.717) is 17.7 Å². The van der Waals surface area contributed by atoms with Crippen molar-refractivity contribution in [3.05, 3.63) is 20.8 Å². The number of nitrogens with one attached hydrogen (secondary N) is 1. The highest BCUT2D eigenvalue weighted by atomic mass is 32.2. The highest BCUT2D eigenvalue weighted by molar-refractivity contribution is 8.00. The van der Waals surface area contributed by atoms with Gasteiger partial charge in [-0.2, -0.15) is 0 Å². The zero-order valence-corrected chi connectivity index (χ0v) is 15.1. The molecule has 0 amide bonds. The maximum Gasteiger partial charge on any atom is 0.319 e. The van der Waals surface area contributed by atoms with Crippen LogP contribution in [0.15, 0.2) is 9.95 Å². The topological polar surface area (TPSA) is 72.0 Å². The number of ether oxygens (including phenoxy) is 1. The van der Waals surface area contributed by atoms with Crippen LogP contribution < -0.4 is 5.56 Å². The molecule has 2 atom stereocenters. The van der Waals surface area contributed by atoms with Crippen molar-refractivity contribution in [1.82, 2.24) is 9.97 Å². The van der Waals surface area contributed by atoms with Gasteiger partial charge in [0, 0.05) is 4.88 Å². The van der Waals surface area contributed by atoms with Gasteiger partial charge in [-0.1, -0.05) is 18.7 Å². The van der Waals surface area contributed by atoms with Gasteiger partial charge in [-0.15, -0.1) is 11.3 Å². The molecule has 0 fully saturated rings. The fourth-order valence-corrected chi connectivity index (χ4v) is 5.10. The fourth-order valence-electron chi connectivity index (χ4n) is 2.86. The van der Waals surface area contributed by atoms with E-state index < -0.39 is 5.25 Å². The highest BCUT2D eigenvalue weighted by Crippen LogP contribution is 2.36. The average molecular weight is 352 g/mol. The lowest BCUT2D eigenvalue weighted by molar-refractivity contribution is -0.142. The monoisotopic (exact) mass is 352 g/mol. The van der Waals surface area contributed by atoms with Crippen molar-refractivity contribution in [1.29, 1.82) is 0 Å². The second-order valence-corrected chi connectivity index (χ2v) is 8.33. The van der Waals surface area contributed by atoms with Crippen LogP contribution in [0.4, 0.5) is 0 Å². The van der Waals surface area contributed by atoms with Crippen LogP contribution in [0.3, 0.4) is 0 Å². The Kier molecular flexibility index (Phi) is 4.77. The lowest BCUT2D eigenvalue weighted by atomic mass is 9.89. The third-order valence-corrected chi connectivity index (χ3v) is 6.16. The number of fused-ring (bicyclic) bond motifs is 3. The molecule has 0 radical (unpaired) electrons. The van der Waals surface area contributed by atoms with E-state index in [-0.39, 0.29) is 11.5 Å². The number of rotatable bonds is 4. The summed E-state index contributed by atoms with van der Waals surface area (Å²) in [5.41, 5.74) is 1.08. The number of aromatic amines is 1. The zero-order valence-electron chi connectivity index (χ0n) is 13.5. The first-order valence-electron chi connectivity index (χ1n) is 7.87. The van der Waals surface area contributed by atoms with Gasteiger partial charge in [0.2, 0.25) is 0 Å². The average Bonchev–Trinajstić information content (AvgIpc) is 2.84. The molecule has 2 aromatic rings. The first kappa shape index (κ1) is 16.5. The Morgan fingerprint density at radius 1 is 1.57 bits per heavy atom. The van der Waals surface area contributed by atoms with Gasteiger partial charge >= 0.3 is 5.97 Å². The molecule has 1 N–H and O–H groups in total. The molecule has 0 spiro atoms. The second kappa shape index (κ2) is 6.65. The van der Waals surface area contributed by atoms with Crippen LogP contribution in [-0.2, 0) is 22.4 Å². The maximum absolute atomic E-state index is 12.5. The molecule has 23 heavy (non-hydrogen) atoms. The first-order chi connectivity index (χ1) is 11.0. The molecular weight excluding hydrogens is 332 g/mol. The van der Waals surface area contributed by atoms with E-state index in [0.717, 1.165) is 29.5 Å². The Bertz CT molecular complexity index is 796. The molecule has 0 aliphatic heterocycles. The molecule has 1 aliphatic rings. The van der Waals surface area contributed by atoms with E-state index in [9.17, 15) is 9.59 Å². The summed E-state index contributed by atoms with van der Waals surface area (Å²) >= 11 is 2.85.